The van der Waals surface area contributed by atoms with E-state index in [9.17, 15) is 5.11 Å². The van der Waals surface area contributed by atoms with Crippen molar-refractivity contribution >= 4 is 27.5 Å². The Hall–Kier alpha value is -0.600. The number of aliphatic hydroxyl groups excluding tert-OH is 1. The fraction of sp³-hybridized carbons (Fsp3) is 0.417. The first-order valence-corrected chi connectivity index (χ1v) is 6.31. The number of nitriles is 1. The third kappa shape index (κ3) is 3.97. The van der Waals surface area contributed by atoms with Crippen molar-refractivity contribution in [1.82, 2.24) is 0 Å². The van der Waals surface area contributed by atoms with E-state index in [0.29, 0.717) is 10.6 Å². The second-order valence-corrected chi connectivity index (χ2v) is 5.03. The molecule has 0 spiro atoms. The molecule has 3 unspecified atom stereocenters. The number of halogens is 2. The highest BCUT2D eigenvalue weighted by Gasteiger charge is 2.18. The lowest BCUT2D eigenvalue weighted by Gasteiger charge is -2.20. The maximum atomic E-state index is 9.34. The Balaban J connectivity index is 2.87. The van der Waals surface area contributed by atoms with Crippen molar-refractivity contribution in [1.29, 1.82) is 5.26 Å². The molecule has 0 aliphatic carbocycles. The van der Waals surface area contributed by atoms with Gasteiger partial charge in [0.15, 0.2) is 6.10 Å². The summed E-state index contributed by atoms with van der Waals surface area (Å²) in [5.74, 6) is 0. The van der Waals surface area contributed by atoms with E-state index in [1.165, 1.54) is 0 Å². The third-order valence-electron chi connectivity index (χ3n) is 2.39. The summed E-state index contributed by atoms with van der Waals surface area (Å²) in [6.07, 6.45) is -1.77. The topological polar surface area (TPSA) is 53.2 Å². The van der Waals surface area contributed by atoms with Gasteiger partial charge in [0, 0.05) is 4.47 Å². The quantitative estimate of drug-likeness (QED) is 0.925. The molecule has 0 aliphatic heterocycles. The largest absolute Gasteiger partial charge is 0.391 e. The van der Waals surface area contributed by atoms with E-state index in [4.69, 9.17) is 21.6 Å². The predicted molar refractivity (Wildman–Crippen MR) is 69.7 cm³/mol. The molecule has 0 fully saturated rings. The van der Waals surface area contributed by atoms with Crippen molar-refractivity contribution in [2.75, 3.05) is 0 Å². The monoisotopic (exact) mass is 317 g/mol. The van der Waals surface area contributed by atoms with E-state index in [1.807, 2.05) is 6.07 Å². The molecular weight excluding hydrogens is 305 g/mol. The zero-order valence-corrected chi connectivity index (χ0v) is 11.9. The van der Waals surface area contributed by atoms with Crippen LogP contribution in [0.3, 0.4) is 0 Å². The molecule has 1 N–H and O–H groups in total. The predicted octanol–water partition coefficient (Wildman–Crippen LogP) is 3.45. The summed E-state index contributed by atoms with van der Waals surface area (Å²) in [7, 11) is 0. The van der Waals surface area contributed by atoms with E-state index in [2.05, 4.69) is 15.9 Å². The smallest absolute Gasteiger partial charge is 0.169 e. The molecule has 1 aromatic carbocycles. The van der Waals surface area contributed by atoms with Gasteiger partial charge in [0.25, 0.3) is 0 Å². The van der Waals surface area contributed by atoms with Gasteiger partial charge in [-0.15, -0.1) is 0 Å². The van der Waals surface area contributed by atoms with Crippen LogP contribution in [0, 0.1) is 11.3 Å². The van der Waals surface area contributed by atoms with Crippen molar-refractivity contribution < 1.29 is 9.84 Å². The SMILES string of the molecule is CC(O)C(C)OC(C#N)c1ccc(Br)c(Cl)c1. The number of ether oxygens (including phenoxy) is 1. The minimum Gasteiger partial charge on any atom is -0.391 e. The van der Waals surface area contributed by atoms with Gasteiger partial charge in [-0.25, -0.2) is 0 Å². The Bertz CT molecular complexity index is 431. The molecule has 3 atom stereocenters. The number of hydrogen-bond donors (Lipinski definition) is 1. The van der Waals surface area contributed by atoms with Gasteiger partial charge in [-0.2, -0.15) is 5.26 Å². The van der Waals surface area contributed by atoms with Crippen LogP contribution in [-0.2, 0) is 4.74 Å². The zero-order valence-electron chi connectivity index (χ0n) is 9.52. The van der Waals surface area contributed by atoms with Gasteiger partial charge in [0.1, 0.15) is 0 Å². The van der Waals surface area contributed by atoms with Crippen LogP contribution in [-0.4, -0.2) is 17.3 Å². The van der Waals surface area contributed by atoms with Crippen molar-refractivity contribution in [3.63, 3.8) is 0 Å². The van der Waals surface area contributed by atoms with Gasteiger partial charge < -0.3 is 9.84 Å². The average molecular weight is 319 g/mol. The molecule has 0 radical (unpaired) electrons. The van der Waals surface area contributed by atoms with Crippen LogP contribution >= 0.6 is 27.5 Å². The number of hydrogen-bond acceptors (Lipinski definition) is 3. The lowest BCUT2D eigenvalue weighted by molar-refractivity contribution is -0.0426. The van der Waals surface area contributed by atoms with Crippen molar-refractivity contribution in [2.45, 2.75) is 32.2 Å². The van der Waals surface area contributed by atoms with E-state index in [1.54, 1.807) is 32.0 Å². The molecule has 0 saturated heterocycles. The van der Waals surface area contributed by atoms with Crippen LogP contribution in [0.15, 0.2) is 22.7 Å². The van der Waals surface area contributed by atoms with Crippen molar-refractivity contribution in [3.8, 4) is 6.07 Å². The van der Waals surface area contributed by atoms with Gasteiger partial charge >= 0.3 is 0 Å². The minimum atomic E-state index is -0.731. The molecular formula is C12H13BrClNO2. The summed E-state index contributed by atoms with van der Waals surface area (Å²) in [5.41, 5.74) is 0.674. The average Bonchev–Trinajstić information content (AvgIpc) is 2.29. The Labute approximate surface area is 114 Å². The van der Waals surface area contributed by atoms with Crippen LogP contribution in [0.25, 0.3) is 0 Å². The Morgan fingerprint density at radius 3 is 2.59 bits per heavy atom. The van der Waals surface area contributed by atoms with Crippen molar-refractivity contribution in [2.24, 2.45) is 0 Å². The van der Waals surface area contributed by atoms with Crippen LogP contribution in [0.4, 0.5) is 0 Å². The van der Waals surface area contributed by atoms with Crippen LogP contribution in [0.2, 0.25) is 5.02 Å². The standard InChI is InChI=1S/C12H13BrClNO2/c1-7(16)8(2)17-12(6-15)9-3-4-10(13)11(14)5-9/h3-5,7-8,12,16H,1-2H3. The molecule has 3 nitrogen and oxygen atoms in total. The third-order valence-corrected chi connectivity index (χ3v) is 3.63. The summed E-state index contributed by atoms with van der Waals surface area (Å²) in [6, 6.07) is 7.24. The summed E-state index contributed by atoms with van der Waals surface area (Å²) < 4.78 is 6.22. The molecule has 1 aromatic rings. The van der Waals surface area contributed by atoms with Gasteiger partial charge in [-0.05, 0) is 47.5 Å². The zero-order chi connectivity index (χ0) is 13.0. The summed E-state index contributed by atoms with van der Waals surface area (Å²) >= 11 is 9.23. The Morgan fingerprint density at radius 1 is 1.47 bits per heavy atom. The normalized spacial score (nSPS) is 16.0. The molecule has 0 aromatic heterocycles. The molecule has 0 heterocycles. The number of rotatable bonds is 4. The molecule has 0 bridgehead atoms. The van der Waals surface area contributed by atoms with Crippen LogP contribution in [0.5, 0.6) is 0 Å². The fourth-order valence-corrected chi connectivity index (χ4v) is 1.62. The Morgan fingerprint density at radius 2 is 2.12 bits per heavy atom. The second-order valence-electron chi connectivity index (χ2n) is 3.76. The van der Waals surface area contributed by atoms with Gasteiger partial charge in [0.2, 0.25) is 0 Å². The molecule has 0 amide bonds. The van der Waals surface area contributed by atoms with Gasteiger partial charge in [0.05, 0.1) is 23.3 Å². The maximum absolute atomic E-state index is 9.34. The highest BCUT2D eigenvalue weighted by molar-refractivity contribution is 9.10. The molecule has 1 rings (SSSR count). The number of aliphatic hydroxyl groups is 1. The van der Waals surface area contributed by atoms with E-state index in [0.717, 1.165) is 4.47 Å². The molecule has 17 heavy (non-hydrogen) atoms. The first-order chi connectivity index (χ1) is 7.95. The number of nitrogens with zero attached hydrogens (tertiary/aromatic N) is 1. The lowest BCUT2D eigenvalue weighted by Crippen LogP contribution is -2.24. The maximum Gasteiger partial charge on any atom is 0.169 e. The van der Waals surface area contributed by atoms with Gasteiger partial charge in [-0.3, -0.25) is 0 Å². The molecule has 92 valence electrons. The minimum absolute atomic E-state index is 0.415. The highest BCUT2D eigenvalue weighted by atomic mass is 79.9. The van der Waals surface area contributed by atoms with E-state index >= 15 is 0 Å². The second kappa shape index (κ2) is 6.36. The highest BCUT2D eigenvalue weighted by Crippen LogP contribution is 2.28. The molecule has 0 saturated carbocycles. The van der Waals surface area contributed by atoms with E-state index in [-0.39, 0.29) is 0 Å². The van der Waals surface area contributed by atoms with E-state index < -0.39 is 18.3 Å². The molecule has 5 heteroatoms. The fourth-order valence-electron chi connectivity index (χ4n) is 1.19. The summed E-state index contributed by atoms with van der Waals surface area (Å²) in [6.45, 7) is 3.34. The van der Waals surface area contributed by atoms with Crippen LogP contribution < -0.4 is 0 Å². The molecule has 0 aliphatic rings. The van der Waals surface area contributed by atoms with Crippen LogP contribution in [0.1, 0.15) is 25.5 Å². The lowest BCUT2D eigenvalue weighted by atomic mass is 10.1. The first-order valence-electron chi connectivity index (χ1n) is 5.13. The van der Waals surface area contributed by atoms with Crippen molar-refractivity contribution in [3.05, 3.63) is 33.3 Å². The first kappa shape index (κ1) is 14.5. The number of benzene rings is 1. The summed E-state index contributed by atoms with van der Waals surface area (Å²) in [5, 5.41) is 18.9. The van der Waals surface area contributed by atoms with Gasteiger partial charge in [-0.1, -0.05) is 17.7 Å². The Kier molecular flexibility index (Phi) is 5.41. The summed E-state index contributed by atoms with van der Waals surface area (Å²) in [4.78, 5) is 0.